The summed E-state index contributed by atoms with van der Waals surface area (Å²) >= 11 is 0. The SMILES string of the molecule is Cc1c(NC(=O)c2cncnc2)cccc1[N+](=O)[O-]. The van der Waals surface area contributed by atoms with Crippen LogP contribution in [-0.2, 0) is 0 Å². The van der Waals surface area contributed by atoms with Gasteiger partial charge < -0.3 is 5.32 Å². The molecule has 0 aliphatic carbocycles. The smallest absolute Gasteiger partial charge is 0.274 e. The van der Waals surface area contributed by atoms with Gasteiger partial charge in [-0.1, -0.05) is 6.07 Å². The Morgan fingerprint density at radius 2 is 2.00 bits per heavy atom. The van der Waals surface area contributed by atoms with Gasteiger partial charge in [0.2, 0.25) is 0 Å². The molecule has 0 saturated heterocycles. The third-order valence-electron chi connectivity index (χ3n) is 2.57. The lowest BCUT2D eigenvalue weighted by molar-refractivity contribution is -0.385. The summed E-state index contributed by atoms with van der Waals surface area (Å²) in [6.45, 7) is 1.58. The lowest BCUT2D eigenvalue weighted by Gasteiger charge is -2.07. The van der Waals surface area contributed by atoms with Crippen LogP contribution in [0.25, 0.3) is 0 Å². The van der Waals surface area contributed by atoms with Gasteiger partial charge in [-0.15, -0.1) is 0 Å². The molecule has 1 amide bonds. The molecule has 1 heterocycles. The number of nitrogens with zero attached hydrogens (tertiary/aromatic N) is 3. The van der Waals surface area contributed by atoms with E-state index < -0.39 is 10.8 Å². The summed E-state index contributed by atoms with van der Waals surface area (Å²) in [4.78, 5) is 29.7. The average molecular weight is 258 g/mol. The molecule has 19 heavy (non-hydrogen) atoms. The number of carbonyl (C=O) groups is 1. The number of carbonyl (C=O) groups excluding carboxylic acids is 1. The highest BCUT2D eigenvalue weighted by molar-refractivity contribution is 6.04. The van der Waals surface area contributed by atoms with Crippen LogP contribution in [0.5, 0.6) is 0 Å². The first-order valence-electron chi connectivity index (χ1n) is 5.40. The van der Waals surface area contributed by atoms with Crippen LogP contribution in [0, 0.1) is 17.0 Å². The van der Waals surface area contributed by atoms with Crippen LogP contribution in [-0.4, -0.2) is 20.8 Å². The Kier molecular flexibility index (Phi) is 3.46. The molecule has 0 unspecified atom stereocenters. The minimum atomic E-state index is -0.489. The quantitative estimate of drug-likeness (QED) is 0.670. The van der Waals surface area contributed by atoms with Gasteiger partial charge in [-0.3, -0.25) is 14.9 Å². The van der Waals surface area contributed by atoms with E-state index in [1.54, 1.807) is 13.0 Å². The molecule has 0 aliphatic heterocycles. The van der Waals surface area contributed by atoms with Gasteiger partial charge in [0.05, 0.1) is 21.7 Å². The summed E-state index contributed by atoms with van der Waals surface area (Å²) in [6, 6.07) is 4.50. The minimum Gasteiger partial charge on any atom is -0.321 e. The zero-order chi connectivity index (χ0) is 13.8. The number of amides is 1. The molecule has 0 aliphatic rings. The Morgan fingerprint density at radius 1 is 1.32 bits per heavy atom. The maximum atomic E-state index is 11.9. The van der Waals surface area contributed by atoms with Gasteiger partial charge in [-0.2, -0.15) is 0 Å². The summed E-state index contributed by atoms with van der Waals surface area (Å²) in [5.41, 5.74) is 1.04. The van der Waals surface area contributed by atoms with Crippen molar-refractivity contribution in [1.82, 2.24) is 9.97 Å². The Balaban J connectivity index is 2.27. The van der Waals surface area contributed by atoms with Crippen LogP contribution in [0.1, 0.15) is 15.9 Å². The highest BCUT2D eigenvalue weighted by Gasteiger charge is 2.15. The van der Waals surface area contributed by atoms with Crippen molar-refractivity contribution in [2.45, 2.75) is 6.92 Å². The zero-order valence-electron chi connectivity index (χ0n) is 10.0. The van der Waals surface area contributed by atoms with Crippen molar-refractivity contribution in [3.05, 3.63) is 58.2 Å². The minimum absolute atomic E-state index is 0.0397. The fourth-order valence-corrected chi connectivity index (χ4v) is 1.57. The van der Waals surface area contributed by atoms with Crippen LogP contribution >= 0.6 is 0 Å². The van der Waals surface area contributed by atoms with E-state index in [0.29, 0.717) is 11.3 Å². The van der Waals surface area contributed by atoms with E-state index in [2.05, 4.69) is 15.3 Å². The second kappa shape index (κ2) is 5.21. The highest BCUT2D eigenvalue weighted by atomic mass is 16.6. The summed E-state index contributed by atoms with van der Waals surface area (Å²) in [5.74, 6) is -0.413. The second-order valence-corrected chi connectivity index (χ2v) is 3.79. The number of hydrogen-bond donors (Lipinski definition) is 1. The molecule has 0 bridgehead atoms. The Hall–Kier alpha value is -2.83. The van der Waals surface area contributed by atoms with Crippen molar-refractivity contribution in [3.63, 3.8) is 0 Å². The fourth-order valence-electron chi connectivity index (χ4n) is 1.57. The molecule has 0 atom stereocenters. The van der Waals surface area contributed by atoms with Crippen molar-refractivity contribution in [2.24, 2.45) is 0 Å². The molecule has 0 saturated carbocycles. The van der Waals surface area contributed by atoms with E-state index in [1.807, 2.05) is 0 Å². The first-order valence-corrected chi connectivity index (χ1v) is 5.40. The maximum absolute atomic E-state index is 11.9. The lowest BCUT2D eigenvalue weighted by Crippen LogP contribution is -2.13. The van der Waals surface area contributed by atoms with Gasteiger partial charge in [0.1, 0.15) is 6.33 Å². The molecule has 1 N–H and O–H groups in total. The van der Waals surface area contributed by atoms with Crippen molar-refractivity contribution >= 4 is 17.3 Å². The standard InChI is InChI=1S/C12H10N4O3/c1-8-10(3-2-4-11(8)16(18)19)15-12(17)9-5-13-7-14-6-9/h2-7H,1H3,(H,15,17). The number of rotatable bonds is 3. The van der Waals surface area contributed by atoms with E-state index >= 15 is 0 Å². The van der Waals surface area contributed by atoms with Crippen LogP contribution < -0.4 is 5.32 Å². The zero-order valence-corrected chi connectivity index (χ0v) is 10.0. The number of hydrogen-bond acceptors (Lipinski definition) is 5. The van der Waals surface area contributed by atoms with Gasteiger partial charge in [-0.05, 0) is 13.0 Å². The molecular formula is C12H10N4O3. The van der Waals surface area contributed by atoms with E-state index in [9.17, 15) is 14.9 Å². The second-order valence-electron chi connectivity index (χ2n) is 3.79. The molecular weight excluding hydrogens is 248 g/mol. The number of anilines is 1. The Bertz CT molecular complexity index is 628. The van der Waals surface area contributed by atoms with Crippen molar-refractivity contribution in [1.29, 1.82) is 0 Å². The molecule has 2 aromatic rings. The predicted molar refractivity (Wildman–Crippen MR) is 67.8 cm³/mol. The van der Waals surface area contributed by atoms with Crippen molar-refractivity contribution in [3.8, 4) is 0 Å². The van der Waals surface area contributed by atoms with Crippen LogP contribution in [0.4, 0.5) is 11.4 Å². The average Bonchev–Trinajstić information content (AvgIpc) is 2.41. The van der Waals surface area contributed by atoms with Gasteiger partial charge in [0.15, 0.2) is 0 Å². The van der Waals surface area contributed by atoms with E-state index in [1.165, 1.54) is 30.9 Å². The number of aromatic nitrogens is 2. The molecule has 7 heteroatoms. The molecule has 0 spiro atoms. The van der Waals surface area contributed by atoms with Gasteiger partial charge in [-0.25, -0.2) is 9.97 Å². The molecule has 1 aromatic carbocycles. The highest BCUT2D eigenvalue weighted by Crippen LogP contribution is 2.25. The first-order chi connectivity index (χ1) is 9.09. The molecule has 96 valence electrons. The third kappa shape index (κ3) is 2.71. The van der Waals surface area contributed by atoms with E-state index in [0.717, 1.165) is 0 Å². The first kappa shape index (κ1) is 12.6. The third-order valence-corrected chi connectivity index (χ3v) is 2.57. The van der Waals surface area contributed by atoms with Crippen LogP contribution in [0.3, 0.4) is 0 Å². The molecule has 2 rings (SSSR count). The van der Waals surface area contributed by atoms with E-state index in [-0.39, 0.29) is 11.3 Å². The number of nitrogens with one attached hydrogen (secondary N) is 1. The van der Waals surface area contributed by atoms with Crippen LogP contribution in [0.2, 0.25) is 0 Å². The van der Waals surface area contributed by atoms with E-state index in [4.69, 9.17) is 0 Å². The summed E-state index contributed by atoms with van der Waals surface area (Å²) in [5, 5.41) is 13.4. The van der Waals surface area contributed by atoms with Crippen molar-refractivity contribution < 1.29 is 9.72 Å². The van der Waals surface area contributed by atoms with Crippen LogP contribution in [0.15, 0.2) is 36.9 Å². The number of nitro groups is 1. The normalized spacial score (nSPS) is 9.95. The number of benzene rings is 1. The predicted octanol–water partition coefficient (Wildman–Crippen LogP) is 1.95. The molecule has 0 fully saturated rings. The van der Waals surface area contributed by atoms with Gasteiger partial charge in [0, 0.05) is 18.5 Å². The van der Waals surface area contributed by atoms with Gasteiger partial charge in [0.25, 0.3) is 11.6 Å². The Labute approximate surface area is 108 Å². The largest absolute Gasteiger partial charge is 0.321 e. The Morgan fingerprint density at radius 3 is 2.63 bits per heavy atom. The fraction of sp³-hybridized carbons (Fsp3) is 0.0833. The van der Waals surface area contributed by atoms with Gasteiger partial charge >= 0.3 is 0 Å². The molecule has 7 nitrogen and oxygen atoms in total. The summed E-state index contributed by atoms with van der Waals surface area (Å²) in [7, 11) is 0. The monoisotopic (exact) mass is 258 g/mol. The molecule has 1 aromatic heterocycles. The maximum Gasteiger partial charge on any atom is 0.274 e. The molecule has 0 radical (unpaired) electrons. The lowest BCUT2D eigenvalue weighted by atomic mass is 10.1. The van der Waals surface area contributed by atoms with Crippen molar-refractivity contribution in [2.75, 3.05) is 5.32 Å². The summed E-state index contributed by atoms with van der Waals surface area (Å²) < 4.78 is 0. The topological polar surface area (TPSA) is 98.0 Å². The number of nitro benzene ring substituents is 1. The summed E-state index contributed by atoms with van der Waals surface area (Å²) in [6.07, 6.45) is 4.05.